The Hall–Kier alpha value is -0.650. The standard InChI is InChI=1S/C12H23NO4/c1-3-13-11(12(14)15-2)5-7-17-9-10-4-6-16-8-10/h10-11,13H,3-9H2,1-2H3. The number of ether oxygens (including phenoxy) is 3. The first-order chi connectivity index (χ1) is 8.27. The van der Waals surface area contributed by atoms with Crippen LogP contribution in [0.1, 0.15) is 19.8 Å². The summed E-state index contributed by atoms with van der Waals surface area (Å²) in [6, 6.07) is -0.259. The molecule has 0 aromatic rings. The topological polar surface area (TPSA) is 56.8 Å². The maximum Gasteiger partial charge on any atom is 0.322 e. The zero-order valence-corrected chi connectivity index (χ0v) is 10.7. The molecule has 1 saturated heterocycles. The molecule has 1 aliphatic heterocycles. The normalized spacial score (nSPS) is 21.4. The van der Waals surface area contributed by atoms with Gasteiger partial charge in [-0.25, -0.2) is 0 Å². The van der Waals surface area contributed by atoms with Crippen molar-refractivity contribution in [3.8, 4) is 0 Å². The van der Waals surface area contributed by atoms with Crippen LogP contribution in [0.25, 0.3) is 0 Å². The Morgan fingerprint density at radius 1 is 1.59 bits per heavy atom. The van der Waals surface area contributed by atoms with Crippen molar-refractivity contribution in [3.63, 3.8) is 0 Å². The maximum atomic E-state index is 11.4. The van der Waals surface area contributed by atoms with E-state index in [4.69, 9.17) is 14.2 Å². The van der Waals surface area contributed by atoms with Crippen LogP contribution in [0.4, 0.5) is 0 Å². The van der Waals surface area contributed by atoms with Gasteiger partial charge >= 0.3 is 5.97 Å². The summed E-state index contributed by atoms with van der Waals surface area (Å²) < 4.78 is 15.5. The van der Waals surface area contributed by atoms with E-state index >= 15 is 0 Å². The number of likely N-dealkylation sites (N-methyl/N-ethyl adjacent to an activating group) is 1. The lowest BCUT2D eigenvalue weighted by Crippen LogP contribution is -2.38. The summed E-state index contributed by atoms with van der Waals surface area (Å²) in [4.78, 5) is 11.4. The highest BCUT2D eigenvalue weighted by Gasteiger charge is 2.19. The van der Waals surface area contributed by atoms with Gasteiger partial charge in [-0.1, -0.05) is 6.92 Å². The predicted molar refractivity (Wildman–Crippen MR) is 63.8 cm³/mol. The van der Waals surface area contributed by atoms with Gasteiger partial charge in [0.05, 0.1) is 20.3 Å². The fourth-order valence-corrected chi connectivity index (χ4v) is 1.86. The van der Waals surface area contributed by atoms with E-state index in [0.29, 0.717) is 18.9 Å². The summed E-state index contributed by atoms with van der Waals surface area (Å²) in [5.74, 6) is 0.297. The first-order valence-electron chi connectivity index (χ1n) is 6.24. The average molecular weight is 245 g/mol. The van der Waals surface area contributed by atoms with Crippen LogP contribution in [-0.4, -0.2) is 52.1 Å². The van der Waals surface area contributed by atoms with Crippen molar-refractivity contribution in [1.82, 2.24) is 5.32 Å². The van der Waals surface area contributed by atoms with Crippen molar-refractivity contribution in [2.24, 2.45) is 5.92 Å². The summed E-state index contributed by atoms with van der Waals surface area (Å²) >= 11 is 0. The van der Waals surface area contributed by atoms with Crippen molar-refractivity contribution in [3.05, 3.63) is 0 Å². The quantitative estimate of drug-likeness (QED) is 0.501. The van der Waals surface area contributed by atoms with Gasteiger partial charge in [0.15, 0.2) is 0 Å². The Labute approximate surface area is 103 Å². The molecule has 1 aliphatic rings. The molecule has 5 nitrogen and oxygen atoms in total. The Kier molecular flexibility index (Phi) is 7.16. The van der Waals surface area contributed by atoms with Crippen LogP contribution >= 0.6 is 0 Å². The molecule has 1 heterocycles. The van der Waals surface area contributed by atoms with E-state index in [-0.39, 0.29) is 12.0 Å². The molecular formula is C12H23NO4. The van der Waals surface area contributed by atoms with E-state index in [9.17, 15) is 4.79 Å². The van der Waals surface area contributed by atoms with Gasteiger partial charge in [0.2, 0.25) is 0 Å². The molecule has 100 valence electrons. The highest BCUT2D eigenvalue weighted by atomic mass is 16.5. The minimum Gasteiger partial charge on any atom is -0.468 e. The fourth-order valence-electron chi connectivity index (χ4n) is 1.86. The Morgan fingerprint density at radius 3 is 3.00 bits per heavy atom. The van der Waals surface area contributed by atoms with Crippen LogP contribution in [0.5, 0.6) is 0 Å². The Balaban J connectivity index is 2.10. The van der Waals surface area contributed by atoms with Gasteiger partial charge in [-0.05, 0) is 19.4 Å². The fraction of sp³-hybridized carbons (Fsp3) is 0.917. The Bertz CT molecular complexity index is 217. The molecule has 2 atom stereocenters. The van der Waals surface area contributed by atoms with Gasteiger partial charge in [-0.2, -0.15) is 0 Å². The van der Waals surface area contributed by atoms with Gasteiger partial charge in [0, 0.05) is 19.1 Å². The molecule has 0 bridgehead atoms. The van der Waals surface area contributed by atoms with E-state index in [1.165, 1.54) is 7.11 Å². The number of carbonyl (C=O) groups excluding carboxylic acids is 1. The monoisotopic (exact) mass is 245 g/mol. The van der Waals surface area contributed by atoms with Crippen molar-refractivity contribution in [2.45, 2.75) is 25.8 Å². The molecule has 5 heteroatoms. The van der Waals surface area contributed by atoms with E-state index < -0.39 is 0 Å². The largest absolute Gasteiger partial charge is 0.468 e. The van der Waals surface area contributed by atoms with Crippen LogP contribution in [0.3, 0.4) is 0 Å². The number of nitrogens with one attached hydrogen (secondary N) is 1. The number of esters is 1. The van der Waals surface area contributed by atoms with Crippen LogP contribution in [0.2, 0.25) is 0 Å². The van der Waals surface area contributed by atoms with Crippen LogP contribution in [-0.2, 0) is 19.0 Å². The first kappa shape index (κ1) is 14.4. The predicted octanol–water partition coefficient (Wildman–Crippen LogP) is 0.581. The maximum absolute atomic E-state index is 11.4. The van der Waals surface area contributed by atoms with Crippen molar-refractivity contribution in [2.75, 3.05) is 40.1 Å². The van der Waals surface area contributed by atoms with Crippen molar-refractivity contribution >= 4 is 5.97 Å². The van der Waals surface area contributed by atoms with E-state index in [1.54, 1.807) is 0 Å². The van der Waals surface area contributed by atoms with Gasteiger partial charge in [-0.15, -0.1) is 0 Å². The minimum atomic E-state index is -0.259. The van der Waals surface area contributed by atoms with Gasteiger partial charge in [0.25, 0.3) is 0 Å². The number of hydrogen-bond donors (Lipinski definition) is 1. The SMILES string of the molecule is CCNC(CCOCC1CCOC1)C(=O)OC. The number of rotatable bonds is 8. The second kappa shape index (κ2) is 8.44. The third kappa shape index (κ3) is 5.48. The van der Waals surface area contributed by atoms with Crippen LogP contribution in [0.15, 0.2) is 0 Å². The van der Waals surface area contributed by atoms with E-state index in [1.807, 2.05) is 6.92 Å². The summed E-state index contributed by atoms with van der Waals surface area (Å²) in [7, 11) is 1.41. The summed E-state index contributed by atoms with van der Waals surface area (Å²) in [6.07, 6.45) is 1.72. The van der Waals surface area contributed by atoms with Crippen LogP contribution < -0.4 is 5.32 Å². The molecule has 0 radical (unpaired) electrons. The highest BCUT2D eigenvalue weighted by molar-refractivity contribution is 5.75. The number of carbonyl (C=O) groups is 1. The lowest BCUT2D eigenvalue weighted by molar-refractivity contribution is -0.143. The molecule has 0 aliphatic carbocycles. The molecule has 17 heavy (non-hydrogen) atoms. The Morgan fingerprint density at radius 2 is 2.41 bits per heavy atom. The summed E-state index contributed by atoms with van der Waals surface area (Å²) in [6.45, 7) is 5.65. The van der Waals surface area contributed by atoms with E-state index in [0.717, 1.165) is 32.8 Å². The summed E-state index contributed by atoms with van der Waals surface area (Å²) in [5, 5.41) is 3.08. The molecule has 0 amide bonds. The summed E-state index contributed by atoms with van der Waals surface area (Å²) in [5.41, 5.74) is 0. The third-order valence-corrected chi connectivity index (χ3v) is 2.86. The molecule has 1 fully saturated rings. The van der Waals surface area contributed by atoms with Crippen LogP contribution in [0, 0.1) is 5.92 Å². The smallest absolute Gasteiger partial charge is 0.322 e. The average Bonchev–Trinajstić information content (AvgIpc) is 2.85. The molecule has 2 unspecified atom stereocenters. The molecule has 0 saturated carbocycles. The van der Waals surface area contributed by atoms with Gasteiger partial charge in [-0.3, -0.25) is 4.79 Å². The third-order valence-electron chi connectivity index (χ3n) is 2.86. The molecule has 0 aromatic heterocycles. The lowest BCUT2D eigenvalue weighted by Gasteiger charge is -2.16. The lowest BCUT2D eigenvalue weighted by atomic mass is 10.1. The molecular weight excluding hydrogens is 222 g/mol. The minimum absolute atomic E-state index is 0.223. The molecule has 0 spiro atoms. The molecule has 0 aromatic carbocycles. The highest BCUT2D eigenvalue weighted by Crippen LogP contribution is 2.12. The second-order valence-corrected chi connectivity index (χ2v) is 4.23. The van der Waals surface area contributed by atoms with Gasteiger partial charge < -0.3 is 19.5 Å². The van der Waals surface area contributed by atoms with Crippen molar-refractivity contribution in [1.29, 1.82) is 0 Å². The van der Waals surface area contributed by atoms with Gasteiger partial charge in [0.1, 0.15) is 6.04 Å². The van der Waals surface area contributed by atoms with Crippen molar-refractivity contribution < 1.29 is 19.0 Å². The first-order valence-corrected chi connectivity index (χ1v) is 6.24. The number of hydrogen-bond acceptors (Lipinski definition) is 5. The second-order valence-electron chi connectivity index (χ2n) is 4.23. The zero-order valence-electron chi connectivity index (χ0n) is 10.7. The zero-order chi connectivity index (χ0) is 12.5. The van der Waals surface area contributed by atoms with E-state index in [2.05, 4.69) is 5.32 Å². The molecule has 1 rings (SSSR count). The molecule has 1 N–H and O–H groups in total. The number of methoxy groups -OCH3 is 1.